The summed E-state index contributed by atoms with van der Waals surface area (Å²) < 4.78 is 6.32. The van der Waals surface area contributed by atoms with Crippen LogP contribution in [0.5, 0.6) is 5.75 Å². The number of aromatic nitrogens is 2. The zero-order chi connectivity index (χ0) is 27.9. The third-order valence-electron chi connectivity index (χ3n) is 8.79. The van der Waals surface area contributed by atoms with Crippen LogP contribution in [-0.4, -0.2) is 76.4 Å². The third-order valence-corrected chi connectivity index (χ3v) is 9.10. The predicted octanol–water partition coefficient (Wildman–Crippen LogP) is 3.65. The maximum absolute atomic E-state index is 13.2. The number of carbonyl (C=O) groups excluding carboxylic acids is 1. The number of aliphatic hydroxyl groups excluding tert-OH is 1. The second-order valence-electron chi connectivity index (χ2n) is 12.2. The normalized spacial score (nSPS) is 26.5. The topological polar surface area (TPSA) is 115 Å². The molecule has 9 nitrogen and oxygen atoms in total. The molecule has 0 radical (unpaired) electrons. The average Bonchev–Trinajstić information content (AvgIpc) is 3.41. The van der Waals surface area contributed by atoms with E-state index in [0.717, 1.165) is 45.4 Å². The lowest BCUT2D eigenvalue weighted by Gasteiger charge is -2.63. The van der Waals surface area contributed by atoms with E-state index >= 15 is 0 Å². The molecule has 0 spiro atoms. The number of anilines is 1. The number of carbonyl (C=O) groups is 1. The number of rotatable bonds is 6. The van der Waals surface area contributed by atoms with Crippen molar-refractivity contribution in [1.29, 1.82) is 5.26 Å². The molecule has 3 fully saturated rings. The van der Waals surface area contributed by atoms with E-state index in [1.54, 1.807) is 30.6 Å². The van der Waals surface area contributed by atoms with Crippen LogP contribution in [0.3, 0.4) is 0 Å². The van der Waals surface area contributed by atoms with Crippen molar-refractivity contribution in [3.63, 3.8) is 0 Å². The molecular weight excluding hydrogens is 516 g/mol. The lowest BCUT2D eigenvalue weighted by Crippen LogP contribution is -2.74. The van der Waals surface area contributed by atoms with Gasteiger partial charge in [0.1, 0.15) is 17.9 Å². The number of hydrogen-bond donors (Lipinski definition) is 2. The molecule has 1 aliphatic carbocycles. The second-order valence-corrected chi connectivity index (χ2v) is 12.6. The molecule has 3 heterocycles. The van der Waals surface area contributed by atoms with Crippen molar-refractivity contribution in [2.75, 3.05) is 31.1 Å². The Balaban J connectivity index is 1.19. The summed E-state index contributed by atoms with van der Waals surface area (Å²) in [5.41, 5.74) is 0.126. The SMILES string of the molecule is CC1(C)C(NC(=O)c2cnc(N3CC[C@@H](N4CCC(O)CC4)C3)nc2)C(C)(C)C1Oc1ccc(C#N)c(Cl)c1. The van der Waals surface area contributed by atoms with Gasteiger partial charge in [-0.05, 0) is 31.4 Å². The van der Waals surface area contributed by atoms with Crippen LogP contribution >= 0.6 is 11.6 Å². The summed E-state index contributed by atoms with van der Waals surface area (Å²) in [5.74, 6) is 1.03. The Morgan fingerprint density at radius 1 is 1.13 bits per heavy atom. The van der Waals surface area contributed by atoms with E-state index in [0.29, 0.717) is 33.9 Å². The lowest BCUT2D eigenvalue weighted by atomic mass is 9.49. The summed E-state index contributed by atoms with van der Waals surface area (Å²) in [4.78, 5) is 26.9. The Morgan fingerprint density at radius 2 is 1.79 bits per heavy atom. The number of amides is 1. The van der Waals surface area contributed by atoms with E-state index < -0.39 is 0 Å². The van der Waals surface area contributed by atoms with Gasteiger partial charge in [-0.25, -0.2) is 9.97 Å². The number of piperidine rings is 1. The molecule has 1 amide bonds. The van der Waals surface area contributed by atoms with Crippen LogP contribution < -0.4 is 15.0 Å². The van der Waals surface area contributed by atoms with Crippen LogP contribution in [0, 0.1) is 22.2 Å². The van der Waals surface area contributed by atoms with Crippen LogP contribution in [0.1, 0.15) is 62.9 Å². The highest BCUT2D eigenvalue weighted by Crippen LogP contribution is 2.55. The molecule has 2 aliphatic heterocycles. The predicted molar refractivity (Wildman–Crippen MR) is 149 cm³/mol. The molecule has 10 heteroatoms. The molecule has 2 aromatic rings. The smallest absolute Gasteiger partial charge is 0.254 e. The number of benzene rings is 1. The first kappa shape index (κ1) is 27.6. The number of halogens is 1. The first-order valence-electron chi connectivity index (χ1n) is 13.7. The van der Waals surface area contributed by atoms with Gasteiger partial charge in [0, 0.05) is 67.6 Å². The van der Waals surface area contributed by atoms with Gasteiger partial charge in [0.25, 0.3) is 5.91 Å². The minimum atomic E-state index is -0.352. The molecule has 208 valence electrons. The first-order chi connectivity index (χ1) is 18.5. The number of nitrogens with one attached hydrogen (secondary N) is 1. The zero-order valence-corrected chi connectivity index (χ0v) is 23.8. The highest BCUT2D eigenvalue weighted by Gasteiger charge is 2.64. The van der Waals surface area contributed by atoms with E-state index in [4.69, 9.17) is 21.6 Å². The summed E-state index contributed by atoms with van der Waals surface area (Å²) in [6.07, 6.45) is 5.58. The van der Waals surface area contributed by atoms with E-state index in [-0.39, 0.29) is 35.0 Å². The van der Waals surface area contributed by atoms with Gasteiger partial charge in [0.15, 0.2) is 0 Å². The quantitative estimate of drug-likeness (QED) is 0.558. The van der Waals surface area contributed by atoms with Crippen molar-refractivity contribution >= 4 is 23.5 Å². The minimum Gasteiger partial charge on any atom is -0.489 e. The Hall–Kier alpha value is -2.93. The number of nitrogens with zero attached hydrogens (tertiary/aromatic N) is 5. The number of ether oxygens (including phenoxy) is 1. The Labute approximate surface area is 235 Å². The van der Waals surface area contributed by atoms with E-state index in [1.165, 1.54) is 0 Å². The van der Waals surface area contributed by atoms with E-state index in [9.17, 15) is 9.90 Å². The van der Waals surface area contributed by atoms with Crippen molar-refractivity contribution in [1.82, 2.24) is 20.2 Å². The van der Waals surface area contributed by atoms with Crippen LogP contribution in [-0.2, 0) is 0 Å². The van der Waals surface area contributed by atoms with Crippen LogP contribution in [0.25, 0.3) is 0 Å². The fraction of sp³-hybridized carbons (Fsp3) is 0.586. The van der Waals surface area contributed by atoms with E-state index in [1.807, 2.05) is 0 Å². The zero-order valence-electron chi connectivity index (χ0n) is 23.0. The van der Waals surface area contributed by atoms with Crippen LogP contribution in [0.15, 0.2) is 30.6 Å². The number of nitriles is 1. The van der Waals surface area contributed by atoms with Crippen molar-refractivity contribution in [3.05, 3.63) is 46.7 Å². The molecular formula is C29H37ClN6O3. The van der Waals surface area contributed by atoms with E-state index in [2.05, 4.69) is 58.8 Å². The number of hydrogen-bond acceptors (Lipinski definition) is 8. The molecule has 1 aromatic carbocycles. The fourth-order valence-electron chi connectivity index (χ4n) is 6.88. The molecule has 1 aromatic heterocycles. The maximum Gasteiger partial charge on any atom is 0.254 e. The molecule has 5 rings (SSSR count). The molecule has 2 saturated heterocycles. The number of aliphatic hydroxyl groups is 1. The van der Waals surface area contributed by atoms with Crippen molar-refractivity contribution < 1.29 is 14.6 Å². The van der Waals surface area contributed by atoms with Crippen molar-refractivity contribution in [3.8, 4) is 11.8 Å². The Bertz CT molecular complexity index is 1240. The van der Waals surface area contributed by atoms with Gasteiger partial charge in [-0.1, -0.05) is 39.3 Å². The Kier molecular flexibility index (Phi) is 7.49. The monoisotopic (exact) mass is 552 g/mol. The third kappa shape index (κ3) is 5.30. The van der Waals surface area contributed by atoms with Crippen LogP contribution in [0.4, 0.5) is 5.95 Å². The van der Waals surface area contributed by atoms with Crippen LogP contribution in [0.2, 0.25) is 5.02 Å². The molecule has 0 bridgehead atoms. The summed E-state index contributed by atoms with van der Waals surface area (Å²) in [6.45, 7) is 11.9. The molecule has 0 unspecified atom stereocenters. The summed E-state index contributed by atoms with van der Waals surface area (Å²) in [5, 5.41) is 22.5. The van der Waals surface area contributed by atoms with Gasteiger partial charge < -0.3 is 20.1 Å². The minimum absolute atomic E-state index is 0.140. The molecule has 3 aliphatic rings. The first-order valence-corrected chi connectivity index (χ1v) is 14.0. The van der Waals surface area contributed by atoms with Gasteiger partial charge in [-0.15, -0.1) is 0 Å². The maximum atomic E-state index is 13.2. The average molecular weight is 553 g/mol. The Morgan fingerprint density at radius 3 is 2.41 bits per heavy atom. The molecule has 39 heavy (non-hydrogen) atoms. The summed E-state index contributed by atoms with van der Waals surface area (Å²) in [6, 6.07) is 7.43. The molecule has 1 atom stereocenters. The van der Waals surface area contributed by atoms with Gasteiger partial charge in [-0.2, -0.15) is 5.26 Å². The summed E-state index contributed by atoms with van der Waals surface area (Å²) >= 11 is 6.20. The molecule has 2 N–H and O–H groups in total. The molecule has 1 saturated carbocycles. The van der Waals surface area contributed by atoms with Crippen molar-refractivity contribution in [2.24, 2.45) is 10.8 Å². The van der Waals surface area contributed by atoms with Crippen molar-refractivity contribution in [2.45, 2.75) is 71.2 Å². The summed E-state index contributed by atoms with van der Waals surface area (Å²) in [7, 11) is 0. The fourth-order valence-corrected chi connectivity index (χ4v) is 7.10. The highest BCUT2D eigenvalue weighted by atomic mass is 35.5. The van der Waals surface area contributed by atoms with Gasteiger partial charge in [0.2, 0.25) is 5.95 Å². The highest BCUT2D eigenvalue weighted by molar-refractivity contribution is 6.31. The largest absolute Gasteiger partial charge is 0.489 e. The van der Waals surface area contributed by atoms with Gasteiger partial charge >= 0.3 is 0 Å². The second kappa shape index (κ2) is 10.6. The standard InChI is InChI=1S/C29H37ClN6O3/c1-28(2)25(29(3,4)26(28)39-22-6-5-18(14-31)23(30)13-22)34-24(38)19-15-32-27(33-16-19)36-10-7-20(17-36)35-11-8-21(37)9-12-35/h5-6,13,15-16,20-21,25-26,37H,7-12,17H2,1-4H3,(H,34,38)/t20-,25?,26?/m1/s1. The number of likely N-dealkylation sites (tertiary alicyclic amines) is 1. The van der Waals surface area contributed by atoms with Gasteiger partial charge in [0.05, 0.1) is 22.3 Å². The lowest BCUT2D eigenvalue weighted by molar-refractivity contribution is -0.164. The van der Waals surface area contributed by atoms with Gasteiger partial charge in [-0.3, -0.25) is 9.69 Å².